The summed E-state index contributed by atoms with van der Waals surface area (Å²) in [7, 11) is 0. The van der Waals surface area contributed by atoms with Crippen molar-refractivity contribution in [1.82, 2.24) is 15.1 Å². The number of carbonyl (C=O) groups excluding carboxylic acids is 1. The van der Waals surface area contributed by atoms with Crippen molar-refractivity contribution in [2.75, 3.05) is 5.32 Å². The molecular weight excluding hydrogens is 308 g/mol. The topological polar surface area (TPSA) is 94.1 Å². The van der Waals surface area contributed by atoms with E-state index in [1.807, 2.05) is 6.07 Å². The summed E-state index contributed by atoms with van der Waals surface area (Å²) in [5.41, 5.74) is 2.90. The molecule has 1 aromatic carbocycles. The number of hydrogen-bond donors (Lipinski definition) is 1. The molecule has 0 unspecified atom stereocenters. The SMILES string of the molecule is Cc1nc2cc(NC(=O)c3cc(-c4cccnc4)on3)ccc2o1. The minimum atomic E-state index is -0.367. The van der Waals surface area contributed by atoms with Gasteiger partial charge in [-0.2, -0.15) is 0 Å². The molecule has 118 valence electrons. The van der Waals surface area contributed by atoms with Gasteiger partial charge in [0.2, 0.25) is 0 Å². The molecule has 0 saturated carbocycles. The molecule has 0 atom stereocenters. The number of hydrogen-bond acceptors (Lipinski definition) is 6. The molecule has 4 rings (SSSR count). The van der Waals surface area contributed by atoms with E-state index in [2.05, 4.69) is 20.4 Å². The van der Waals surface area contributed by atoms with E-state index in [0.29, 0.717) is 28.4 Å². The van der Waals surface area contributed by atoms with E-state index >= 15 is 0 Å². The maximum atomic E-state index is 12.3. The summed E-state index contributed by atoms with van der Waals surface area (Å²) in [6, 6.07) is 10.4. The quantitative estimate of drug-likeness (QED) is 0.621. The van der Waals surface area contributed by atoms with E-state index in [9.17, 15) is 4.79 Å². The third-order valence-electron chi connectivity index (χ3n) is 3.44. The third kappa shape index (κ3) is 2.63. The first-order valence-corrected chi connectivity index (χ1v) is 7.25. The maximum Gasteiger partial charge on any atom is 0.277 e. The maximum absolute atomic E-state index is 12.3. The van der Waals surface area contributed by atoms with E-state index in [0.717, 1.165) is 5.56 Å². The molecular formula is C17H12N4O3. The number of aryl methyl sites for hydroxylation is 1. The lowest BCUT2D eigenvalue weighted by atomic mass is 10.2. The van der Waals surface area contributed by atoms with Crippen molar-refractivity contribution in [2.45, 2.75) is 6.92 Å². The largest absolute Gasteiger partial charge is 0.441 e. The molecule has 0 aliphatic rings. The van der Waals surface area contributed by atoms with E-state index in [1.165, 1.54) is 0 Å². The van der Waals surface area contributed by atoms with Crippen LogP contribution in [0.5, 0.6) is 0 Å². The van der Waals surface area contributed by atoms with Crippen molar-refractivity contribution in [3.8, 4) is 11.3 Å². The molecule has 0 saturated heterocycles. The first kappa shape index (κ1) is 14.1. The molecule has 0 bridgehead atoms. The van der Waals surface area contributed by atoms with Crippen LogP contribution >= 0.6 is 0 Å². The van der Waals surface area contributed by atoms with Crippen LogP contribution in [0.15, 0.2) is 57.7 Å². The molecule has 24 heavy (non-hydrogen) atoms. The third-order valence-corrected chi connectivity index (χ3v) is 3.44. The van der Waals surface area contributed by atoms with Crippen molar-refractivity contribution < 1.29 is 13.7 Å². The summed E-state index contributed by atoms with van der Waals surface area (Å²) < 4.78 is 10.6. The lowest BCUT2D eigenvalue weighted by molar-refractivity contribution is 0.101. The number of nitrogens with one attached hydrogen (secondary N) is 1. The van der Waals surface area contributed by atoms with Crippen molar-refractivity contribution in [1.29, 1.82) is 0 Å². The van der Waals surface area contributed by atoms with Crippen LogP contribution in [-0.4, -0.2) is 21.0 Å². The van der Waals surface area contributed by atoms with Crippen molar-refractivity contribution in [2.24, 2.45) is 0 Å². The summed E-state index contributed by atoms with van der Waals surface area (Å²) >= 11 is 0. The van der Waals surface area contributed by atoms with Crippen LogP contribution in [-0.2, 0) is 0 Å². The highest BCUT2D eigenvalue weighted by atomic mass is 16.5. The molecule has 7 heteroatoms. The van der Waals surface area contributed by atoms with E-state index in [1.54, 1.807) is 49.6 Å². The van der Waals surface area contributed by atoms with Crippen LogP contribution in [0.4, 0.5) is 5.69 Å². The number of fused-ring (bicyclic) bond motifs is 1. The van der Waals surface area contributed by atoms with Crippen LogP contribution in [0, 0.1) is 6.92 Å². The number of rotatable bonds is 3. The minimum absolute atomic E-state index is 0.185. The van der Waals surface area contributed by atoms with Gasteiger partial charge in [-0.25, -0.2) is 4.98 Å². The number of aromatic nitrogens is 3. The second-order valence-electron chi connectivity index (χ2n) is 5.19. The Bertz CT molecular complexity index is 1020. The van der Waals surface area contributed by atoms with Gasteiger partial charge >= 0.3 is 0 Å². The highest BCUT2D eigenvalue weighted by molar-refractivity contribution is 6.04. The summed E-state index contributed by atoms with van der Waals surface area (Å²) in [6.07, 6.45) is 3.30. The van der Waals surface area contributed by atoms with Crippen LogP contribution in [0.25, 0.3) is 22.4 Å². The highest BCUT2D eigenvalue weighted by Crippen LogP contribution is 2.22. The van der Waals surface area contributed by atoms with Crippen LogP contribution in [0.1, 0.15) is 16.4 Å². The molecule has 3 aromatic heterocycles. The zero-order valence-corrected chi connectivity index (χ0v) is 12.7. The number of anilines is 1. The van der Waals surface area contributed by atoms with E-state index < -0.39 is 0 Å². The lowest BCUT2D eigenvalue weighted by Crippen LogP contribution is -2.12. The van der Waals surface area contributed by atoms with Crippen LogP contribution in [0.2, 0.25) is 0 Å². The van der Waals surface area contributed by atoms with Gasteiger partial charge in [-0.05, 0) is 30.3 Å². The first-order chi connectivity index (χ1) is 11.7. The zero-order valence-electron chi connectivity index (χ0n) is 12.7. The molecule has 1 amide bonds. The molecule has 7 nitrogen and oxygen atoms in total. The standard InChI is InChI=1S/C17H12N4O3/c1-10-19-13-7-12(4-5-15(13)23-10)20-17(22)14-8-16(24-21-14)11-3-2-6-18-9-11/h2-9H,1H3,(H,20,22). The van der Waals surface area contributed by atoms with Crippen molar-refractivity contribution in [3.05, 3.63) is 60.4 Å². The average Bonchev–Trinajstić information content (AvgIpc) is 3.21. The molecule has 0 spiro atoms. The molecule has 0 aliphatic carbocycles. The number of carbonyl (C=O) groups is 1. The van der Waals surface area contributed by atoms with Crippen LogP contribution < -0.4 is 5.32 Å². The van der Waals surface area contributed by atoms with E-state index in [-0.39, 0.29) is 11.6 Å². The van der Waals surface area contributed by atoms with Gasteiger partial charge in [-0.1, -0.05) is 5.16 Å². The van der Waals surface area contributed by atoms with Crippen LogP contribution in [0.3, 0.4) is 0 Å². The van der Waals surface area contributed by atoms with Gasteiger partial charge < -0.3 is 14.3 Å². The molecule has 0 radical (unpaired) electrons. The smallest absolute Gasteiger partial charge is 0.277 e. The fourth-order valence-electron chi connectivity index (χ4n) is 2.34. The number of oxazole rings is 1. The van der Waals surface area contributed by atoms with Crippen molar-refractivity contribution in [3.63, 3.8) is 0 Å². The number of pyridine rings is 1. The lowest BCUT2D eigenvalue weighted by Gasteiger charge is -2.01. The minimum Gasteiger partial charge on any atom is -0.441 e. The Morgan fingerprint density at radius 1 is 1.21 bits per heavy atom. The second-order valence-corrected chi connectivity index (χ2v) is 5.19. The Labute approximate surface area is 136 Å². The van der Waals surface area contributed by atoms with Gasteiger partial charge in [0.25, 0.3) is 5.91 Å². The Morgan fingerprint density at radius 3 is 2.96 bits per heavy atom. The van der Waals surface area contributed by atoms with Gasteiger partial charge in [0, 0.05) is 36.6 Å². The fourth-order valence-corrected chi connectivity index (χ4v) is 2.34. The van der Waals surface area contributed by atoms with Gasteiger partial charge in [-0.3, -0.25) is 9.78 Å². The summed E-state index contributed by atoms with van der Waals surface area (Å²) in [5.74, 6) is 0.690. The molecule has 0 fully saturated rings. The Kier molecular flexibility index (Phi) is 3.31. The predicted octanol–water partition coefficient (Wildman–Crippen LogP) is 3.44. The van der Waals surface area contributed by atoms with E-state index in [4.69, 9.17) is 8.94 Å². The number of nitrogens with zero attached hydrogens (tertiary/aromatic N) is 3. The number of benzene rings is 1. The van der Waals surface area contributed by atoms with Gasteiger partial charge in [-0.15, -0.1) is 0 Å². The molecule has 3 heterocycles. The highest BCUT2D eigenvalue weighted by Gasteiger charge is 2.14. The summed E-state index contributed by atoms with van der Waals surface area (Å²) in [5, 5.41) is 6.57. The zero-order chi connectivity index (χ0) is 16.5. The summed E-state index contributed by atoms with van der Waals surface area (Å²) in [6.45, 7) is 1.77. The van der Waals surface area contributed by atoms with Crippen molar-refractivity contribution >= 4 is 22.7 Å². The van der Waals surface area contributed by atoms with Gasteiger partial charge in [0.15, 0.2) is 22.9 Å². The predicted molar refractivity (Wildman–Crippen MR) is 86.4 cm³/mol. The molecule has 1 N–H and O–H groups in total. The fraction of sp³-hybridized carbons (Fsp3) is 0.0588. The Morgan fingerprint density at radius 2 is 2.12 bits per heavy atom. The Balaban J connectivity index is 1.56. The number of amides is 1. The first-order valence-electron chi connectivity index (χ1n) is 7.25. The average molecular weight is 320 g/mol. The molecule has 4 aromatic rings. The van der Waals surface area contributed by atoms with Gasteiger partial charge in [0.1, 0.15) is 5.52 Å². The Hall–Kier alpha value is -3.48. The monoisotopic (exact) mass is 320 g/mol. The second kappa shape index (κ2) is 5.62. The normalized spacial score (nSPS) is 10.9. The van der Waals surface area contributed by atoms with Gasteiger partial charge in [0.05, 0.1) is 0 Å². The summed E-state index contributed by atoms with van der Waals surface area (Å²) in [4.78, 5) is 20.6. The molecule has 0 aliphatic heterocycles.